The summed E-state index contributed by atoms with van der Waals surface area (Å²) in [5, 5.41) is 9.00. The van der Waals surface area contributed by atoms with Crippen LogP contribution >= 0.6 is 0 Å². The third-order valence-electron chi connectivity index (χ3n) is 4.74. The zero-order valence-corrected chi connectivity index (χ0v) is 8.42. The van der Waals surface area contributed by atoms with E-state index in [2.05, 4.69) is 19.9 Å². The number of fused-ring (bicyclic) bond motifs is 2. The van der Waals surface area contributed by atoms with E-state index in [1.54, 1.807) is 0 Å². The molecule has 0 aromatic carbocycles. The van der Waals surface area contributed by atoms with Crippen molar-refractivity contribution in [1.82, 2.24) is 0 Å². The lowest BCUT2D eigenvalue weighted by Crippen LogP contribution is -2.37. The van der Waals surface area contributed by atoms with Crippen LogP contribution in [0.1, 0.15) is 33.6 Å². The number of nitrogens with zero attached hydrogens (tertiary/aromatic N) is 1. The van der Waals surface area contributed by atoms with Gasteiger partial charge in [0.25, 0.3) is 0 Å². The summed E-state index contributed by atoms with van der Waals surface area (Å²) in [4.78, 5) is 11.8. The number of hydrogen-bond donors (Lipinski definition) is 0. The van der Waals surface area contributed by atoms with Gasteiger partial charge in [0.1, 0.15) is 5.78 Å². The lowest BCUT2D eigenvalue weighted by Gasteiger charge is -2.34. The van der Waals surface area contributed by atoms with Crippen molar-refractivity contribution in [1.29, 1.82) is 5.26 Å². The van der Waals surface area contributed by atoms with Crippen LogP contribution in [0, 0.1) is 34.0 Å². The average molecular weight is 177 g/mol. The highest BCUT2D eigenvalue weighted by Crippen LogP contribution is 2.65. The molecule has 0 spiro atoms. The van der Waals surface area contributed by atoms with Crippen molar-refractivity contribution in [2.45, 2.75) is 33.6 Å². The molecule has 0 heterocycles. The average Bonchev–Trinajstić information content (AvgIpc) is 2.34. The third-order valence-corrected chi connectivity index (χ3v) is 4.74. The number of carbonyl (C=O) groups excluding carboxylic acids is 1. The number of carbonyl (C=O) groups is 1. The Balaban J connectivity index is 2.52. The predicted molar refractivity (Wildman–Crippen MR) is 48.7 cm³/mol. The maximum atomic E-state index is 11.8. The second-order valence-corrected chi connectivity index (χ2v) is 5.17. The summed E-state index contributed by atoms with van der Waals surface area (Å²) in [5.74, 6) is 0.698. The van der Waals surface area contributed by atoms with Crippen molar-refractivity contribution in [2.75, 3.05) is 0 Å². The van der Waals surface area contributed by atoms with E-state index in [4.69, 9.17) is 5.26 Å². The van der Waals surface area contributed by atoms with Crippen molar-refractivity contribution in [2.24, 2.45) is 22.7 Å². The van der Waals surface area contributed by atoms with Gasteiger partial charge in [-0.1, -0.05) is 20.8 Å². The van der Waals surface area contributed by atoms with Gasteiger partial charge in [0.2, 0.25) is 0 Å². The van der Waals surface area contributed by atoms with E-state index < -0.39 is 0 Å². The number of ketones is 1. The Morgan fingerprint density at radius 3 is 2.38 bits per heavy atom. The van der Waals surface area contributed by atoms with Gasteiger partial charge in [0, 0.05) is 11.8 Å². The Kier molecular flexibility index (Phi) is 1.44. The van der Waals surface area contributed by atoms with Gasteiger partial charge >= 0.3 is 0 Å². The zero-order valence-electron chi connectivity index (χ0n) is 8.42. The molecule has 0 saturated heterocycles. The molecular weight excluding hydrogens is 162 g/mol. The summed E-state index contributed by atoms with van der Waals surface area (Å²) >= 11 is 0. The van der Waals surface area contributed by atoms with Gasteiger partial charge < -0.3 is 0 Å². The van der Waals surface area contributed by atoms with Crippen molar-refractivity contribution >= 4 is 5.78 Å². The minimum Gasteiger partial charge on any atom is -0.299 e. The molecule has 2 bridgehead atoms. The molecule has 0 aromatic rings. The van der Waals surface area contributed by atoms with E-state index in [0.717, 1.165) is 6.42 Å². The number of hydrogen-bond acceptors (Lipinski definition) is 2. The summed E-state index contributed by atoms with van der Waals surface area (Å²) in [6.45, 7) is 6.26. The van der Waals surface area contributed by atoms with Gasteiger partial charge in [-0.3, -0.25) is 4.79 Å². The van der Waals surface area contributed by atoms with Gasteiger partial charge in [-0.15, -0.1) is 0 Å². The molecule has 2 saturated carbocycles. The standard InChI is InChI=1S/C11H15NO/c1-10(2)7-4-8(6-12)11(10,3)9(13)5-7/h7-8H,4-5H2,1-3H3. The fourth-order valence-electron chi connectivity index (χ4n) is 3.20. The topological polar surface area (TPSA) is 40.9 Å². The SMILES string of the molecule is CC1(C)C2CC(=O)C1(C)C(C#N)C2. The van der Waals surface area contributed by atoms with Gasteiger partial charge in [-0.2, -0.15) is 5.26 Å². The fraction of sp³-hybridized carbons (Fsp3) is 0.818. The van der Waals surface area contributed by atoms with Crippen LogP contribution in [-0.4, -0.2) is 5.78 Å². The van der Waals surface area contributed by atoms with E-state index in [9.17, 15) is 4.79 Å². The van der Waals surface area contributed by atoms with Crippen molar-refractivity contribution < 1.29 is 4.79 Å². The molecule has 70 valence electrons. The van der Waals surface area contributed by atoms with Crippen LogP contribution in [0.5, 0.6) is 0 Å². The highest BCUT2D eigenvalue weighted by molar-refractivity contribution is 5.90. The minimum absolute atomic E-state index is 0.0322. The van der Waals surface area contributed by atoms with E-state index >= 15 is 0 Å². The molecule has 0 N–H and O–H groups in total. The molecule has 3 unspecified atom stereocenters. The third kappa shape index (κ3) is 0.716. The van der Waals surface area contributed by atoms with Crippen LogP contribution in [-0.2, 0) is 4.79 Å². The molecule has 2 fully saturated rings. The first kappa shape index (κ1) is 8.74. The second-order valence-electron chi connectivity index (χ2n) is 5.17. The molecule has 0 radical (unpaired) electrons. The van der Waals surface area contributed by atoms with Crippen molar-refractivity contribution in [3.05, 3.63) is 0 Å². The van der Waals surface area contributed by atoms with Gasteiger partial charge in [-0.05, 0) is 17.8 Å². The van der Waals surface area contributed by atoms with E-state index in [1.807, 2.05) is 6.92 Å². The highest BCUT2D eigenvalue weighted by atomic mass is 16.1. The van der Waals surface area contributed by atoms with Crippen LogP contribution in [0.3, 0.4) is 0 Å². The zero-order chi connectivity index (χ0) is 9.85. The largest absolute Gasteiger partial charge is 0.299 e. The molecule has 3 atom stereocenters. The summed E-state index contributed by atoms with van der Waals surface area (Å²) < 4.78 is 0. The maximum absolute atomic E-state index is 11.8. The molecule has 2 heteroatoms. The van der Waals surface area contributed by atoms with Gasteiger partial charge in [-0.25, -0.2) is 0 Å². The molecule has 13 heavy (non-hydrogen) atoms. The first-order chi connectivity index (χ1) is 5.94. The Hall–Kier alpha value is -0.840. The Labute approximate surface area is 78.9 Å². The fourth-order valence-corrected chi connectivity index (χ4v) is 3.20. The molecule has 0 aromatic heterocycles. The molecule has 0 amide bonds. The number of rotatable bonds is 0. The number of nitriles is 1. The van der Waals surface area contributed by atoms with E-state index in [0.29, 0.717) is 18.1 Å². The predicted octanol–water partition coefficient (Wildman–Crippen LogP) is 2.15. The van der Waals surface area contributed by atoms with Gasteiger partial charge in [0.15, 0.2) is 0 Å². The lowest BCUT2D eigenvalue weighted by atomic mass is 9.66. The summed E-state index contributed by atoms with van der Waals surface area (Å²) in [7, 11) is 0. The molecule has 0 aliphatic heterocycles. The highest BCUT2D eigenvalue weighted by Gasteiger charge is 2.66. The number of Topliss-reactive ketones (excluding diaryl/α,β-unsaturated/α-hetero) is 1. The van der Waals surface area contributed by atoms with Crippen LogP contribution in [0.2, 0.25) is 0 Å². The molecular formula is C11H15NO. The summed E-state index contributed by atoms with van der Waals surface area (Å²) in [5.41, 5.74) is -0.336. The first-order valence-electron chi connectivity index (χ1n) is 4.87. The van der Waals surface area contributed by atoms with Crippen molar-refractivity contribution in [3.63, 3.8) is 0 Å². The molecule has 2 nitrogen and oxygen atoms in total. The quantitative estimate of drug-likeness (QED) is 0.569. The smallest absolute Gasteiger partial charge is 0.140 e. The molecule has 2 aliphatic rings. The second kappa shape index (κ2) is 2.15. The van der Waals surface area contributed by atoms with Gasteiger partial charge in [0.05, 0.1) is 12.0 Å². The first-order valence-corrected chi connectivity index (χ1v) is 4.87. The summed E-state index contributed by atoms with van der Waals surface area (Å²) in [6.07, 6.45) is 1.62. The van der Waals surface area contributed by atoms with Crippen LogP contribution in [0.15, 0.2) is 0 Å². The van der Waals surface area contributed by atoms with Crippen LogP contribution in [0.25, 0.3) is 0 Å². The van der Waals surface area contributed by atoms with E-state index in [-0.39, 0.29) is 16.7 Å². The Morgan fingerprint density at radius 1 is 1.46 bits per heavy atom. The van der Waals surface area contributed by atoms with Crippen molar-refractivity contribution in [3.8, 4) is 6.07 Å². The summed E-state index contributed by atoms with van der Waals surface area (Å²) in [6, 6.07) is 2.30. The lowest BCUT2D eigenvalue weighted by molar-refractivity contribution is -0.130. The maximum Gasteiger partial charge on any atom is 0.140 e. The van der Waals surface area contributed by atoms with Crippen LogP contribution < -0.4 is 0 Å². The van der Waals surface area contributed by atoms with E-state index in [1.165, 1.54) is 0 Å². The monoisotopic (exact) mass is 177 g/mol. The Morgan fingerprint density at radius 2 is 2.08 bits per heavy atom. The molecule has 2 aliphatic carbocycles. The minimum atomic E-state index is -0.369. The Bertz CT molecular complexity index is 313. The normalized spacial score (nSPS) is 46.5. The molecule has 2 rings (SSSR count). The van der Waals surface area contributed by atoms with Crippen LogP contribution in [0.4, 0.5) is 0 Å².